The van der Waals surface area contributed by atoms with E-state index in [1.807, 2.05) is 19.1 Å². The predicted octanol–water partition coefficient (Wildman–Crippen LogP) is 3.18. The molecule has 0 saturated heterocycles. The molecular formula is C15H15ClN2O2S. The molecule has 0 atom stereocenters. The summed E-state index contributed by atoms with van der Waals surface area (Å²) in [5, 5.41) is 0.178. The molecular weight excluding hydrogens is 308 g/mol. The molecule has 0 radical (unpaired) electrons. The number of pyridine rings is 1. The molecule has 1 aromatic heterocycles. The Labute approximate surface area is 129 Å². The Morgan fingerprint density at radius 2 is 2.05 bits per heavy atom. The average Bonchev–Trinajstić information content (AvgIpc) is 2.46. The monoisotopic (exact) mass is 322 g/mol. The lowest BCUT2D eigenvalue weighted by Crippen LogP contribution is -2.35. The molecule has 6 heteroatoms. The highest BCUT2D eigenvalue weighted by Gasteiger charge is 2.29. The average molecular weight is 323 g/mol. The van der Waals surface area contributed by atoms with Crippen molar-refractivity contribution in [2.24, 2.45) is 0 Å². The van der Waals surface area contributed by atoms with Crippen LogP contribution in [0, 0.1) is 6.92 Å². The second-order valence-electron chi connectivity index (χ2n) is 5.13. The SMILES string of the molecule is Cc1ccc2c(c1)CCCN2S(=O)(=O)c1ccnc(Cl)c1. The van der Waals surface area contributed by atoms with Gasteiger partial charge in [-0.15, -0.1) is 0 Å². The fourth-order valence-corrected chi connectivity index (χ4v) is 4.41. The Hall–Kier alpha value is -1.59. The fourth-order valence-electron chi connectivity index (χ4n) is 2.61. The van der Waals surface area contributed by atoms with Crippen molar-refractivity contribution in [3.05, 3.63) is 52.8 Å². The molecule has 0 amide bonds. The van der Waals surface area contributed by atoms with Crippen LogP contribution in [-0.4, -0.2) is 19.9 Å². The molecule has 0 saturated carbocycles. The van der Waals surface area contributed by atoms with E-state index < -0.39 is 10.0 Å². The molecule has 3 rings (SSSR count). The van der Waals surface area contributed by atoms with Crippen molar-refractivity contribution < 1.29 is 8.42 Å². The summed E-state index contributed by atoms with van der Waals surface area (Å²) in [7, 11) is -3.60. The second-order valence-corrected chi connectivity index (χ2v) is 7.38. The van der Waals surface area contributed by atoms with E-state index >= 15 is 0 Å². The van der Waals surface area contributed by atoms with Gasteiger partial charge in [0.1, 0.15) is 5.15 Å². The molecule has 21 heavy (non-hydrogen) atoms. The highest BCUT2D eigenvalue weighted by Crippen LogP contribution is 2.32. The highest BCUT2D eigenvalue weighted by atomic mass is 35.5. The van der Waals surface area contributed by atoms with Gasteiger partial charge in [-0.2, -0.15) is 0 Å². The molecule has 0 fully saturated rings. The third-order valence-corrected chi connectivity index (χ3v) is 5.61. The van der Waals surface area contributed by atoms with Crippen LogP contribution >= 0.6 is 11.6 Å². The van der Waals surface area contributed by atoms with E-state index in [1.54, 1.807) is 0 Å². The smallest absolute Gasteiger partial charge is 0.264 e. The van der Waals surface area contributed by atoms with Crippen molar-refractivity contribution in [1.82, 2.24) is 4.98 Å². The molecule has 0 aliphatic carbocycles. The third-order valence-electron chi connectivity index (χ3n) is 3.60. The van der Waals surface area contributed by atoms with Gasteiger partial charge in [-0.3, -0.25) is 4.31 Å². The molecule has 0 spiro atoms. The molecule has 4 nitrogen and oxygen atoms in total. The Balaban J connectivity index is 2.09. The van der Waals surface area contributed by atoms with Crippen LogP contribution in [0.4, 0.5) is 5.69 Å². The standard InChI is InChI=1S/C15H15ClN2O2S/c1-11-4-5-14-12(9-11)3-2-8-18(14)21(19,20)13-6-7-17-15(16)10-13/h4-7,9-10H,2-3,8H2,1H3. The maximum atomic E-state index is 12.8. The van der Waals surface area contributed by atoms with Crippen LogP contribution in [0.25, 0.3) is 0 Å². The first kappa shape index (κ1) is 14.4. The minimum atomic E-state index is -3.60. The number of fused-ring (bicyclic) bond motifs is 1. The predicted molar refractivity (Wildman–Crippen MR) is 83.3 cm³/mol. The summed E-state index contributed by atoms with van der Waals surface area (Å²) >= 11 is 5.82. The number of sulfonamides is 1. The number of aryl methyl sites for hydroxylation is 2. The van der Waals surface area contributed by atoms with Gasteiger partial charge >= 0.3 is 0 Å². The zero-order valence-electron chi connectivity index (χ0n) is 11.6. The largest absolute Gasteiger partial charge is 0.266 e. The van der Waals surface area contributed by atoms with Gasteiger partial charge in [0, 0.05) is 12.7 Å². The molecule has 1 aliphatic rings. The van der Waals surface area contributed by atoms with Crippen molar-refractivity contribution in [2.75, 3.05) is 10.8 Å². The number of anilines is 1. The van der Waals surface area contributed by atoms with E-state index in [1.165, 1.54) is 22.6 Å². The summed E-state index contributed by atoms with van der Waals surface area (Å²) in [5.41, 5.74) is 2.98. The molecule has 0 bridgehead atoms. The van der Waals surface area contributed by atoms with Crippen molar-refractivity contribution >= 4 is 27.3 Å². The van der Waals surface area contributed by atoms with Crippen LogP contribution in [-0.2, 0) is 16.4 Å². The molecule has 1 aromatic carbocycles. The number of benzene rings is 1. The number of rotatable bonds is 2. The molecule has 0 unspecified atom stereocenters. The first-order valence-corrected chi connectivity index (χ1v) is 8.54. The van der Waals surface area contributed by atoms with E-state index in [0.29, 0.717) is 6.54 Å². The summed E-state index contributed by atoms with van der Waals surface area (Å²) in [5.74, 6) is 0. The zero-order chi connectivity index (χ0) is 15.0. The maximum Gasteiger partial charge on any atom is 0.264 e. The number of aromatic nitrogens is 1. The Morgan fingerprint density at radius 3 is 2.81 bits per heavy atom. The summed E-state index contributed by atoms with van der Waals surface area (Å²) < 4.78 is 27.1. The highest BCUT2D eigenvalue weighted by molar-refractivity contribution is 7.92. The number of hydrogen-bond donors (Lipinski definition) is 0. The zero-order valence-corrected chi connectivity index (χ0v) is 13.2. The summed E-state index contributed by atoms with van der Waals surface area (Å²) in [6.07, 6.45) is 3.13. The maximum absolute atomic E-state index is 12.8. The lowest BCUT2D eigenvalue weighted by molar-refractivity contribution is 0.586. The number of halogens is 1. The van der Waals surface area contributed by atoms with Crippen LogP contribution in [0.2, 0.25) is 5.15 Å². The van der Waals surface area contributed by atoms with Gasteiger partial charge in [-0.05, 0) is 43.5 Å². The molecule has 0 N–H and O–H groups in total. The van der Waals surface area contributed by atoms with Crippen LogP contribution in [0.1, 0.15) is 17.5 Å². The summed E-state index contributed by atoms with van der Waals surface area (Å²) in [6, 6.07) is 8.73. The van der Waals surface area contributed by atoms with Gasteiger partial charge in [-0.25, -0.2) is 13.4 Å². The van der Waals surface area contributed by atoms with E-state index in [9.17, 15) is 8.42 Å². The minimum absolute atomic E-state index is 0.177. The van der Waals surface area contributed by atoms with Gasteiger partial charge < -0.3 is 0 Å². The van der Waals surface area contributed by atoms with Crippen molar-refractivity contribution in [2.45, 2.75) is 24.7 Å². The van der Waals surface area contributed by atoms with Crippen molar-refractivity contribution in [3.63, 3.8) is 0 Å². The first-order chi connectivity index (χ1) is 9.98. The lowest BCUT2D eigenvalue weighted by atomic mass is 10.0. The second kappa shape index (κ2) is 5.31. The van der Waals surface area contributed by atoms with Gasteiger partial charge in [-0.1, -0.05) is 29.3 Å². The van der Waals surface area contributed by atoms with E-state index in [0.717, 1.165) is 29.7 Å². The van der Waals surface area contributed by atoms with E-state index in [4.69, 9.17) is 11.6 Å². The van der Waals surface area contributed by atoms with E-state index in [2.05, 4.69) is 11.1 Å². The molecule has 2 aromatic rings. The Kier molecular flexibility index (Phi) is 3.63. The Morgan fingerprint density at radius 1 is 1.24 bits per heavy atom. The summed E-state index contributed by atoms with van der Waals surface area (Å²) in [4.78, 5) is 4.01. The van der Waals surface area contributed by atoms with Gasteiger partial charge in [0.15, 0.2) is 0 Å². The number of nitrogens with zero attached hydrogens (tertiary/aromatic N) is 2. The van der Waals surface area contributed by atoms with Crippen LogP contribution in [0.3, 0.4) is 0 Å². The molecule has 1 aliphatic heterocycles. The number of hydrogen-bond acceptors (Lipinski definition) is 3. The van der Waals surface area contributed by atoms with Gasteiger partial charge in [0.05, 0.1) is 10.6 Å². The summed E-state index contributed by atoms with van der Waals surface area (Å²) in [6.45, 7) is 2.49. The normalized spacial score (nSPS) is 14.9. The van der Waals surface area contributed by atoms with Gasteiger partial charge in [0.25, 0.3) is 10.0 Å². The Bertz CT molecular complexity index is 790. The van der Waals surface area contributed by atoms with Crippen LogP contribution < -0.4 is 4.31 Å². The van der Waals surface area contributed by atoms with Crippen LogP contribution in [0.15, 0.2) is 41.4 Å². The third kappa shape index (κ3) is 2.63. The van der Waals surface area contributed by atoms with Crippen molar-refractivity contribution in [3.8, 4) is 0 Å². The topological polar surface area (TPSA) is 50.3 Å². The molecule has 2 heterocycles. The minimum Gasteiger partial charge on any atom is -0.266 e. The van der Waals surface area contributed by atoms with Crippen molar-refractivity contribution in [1.29, 1.82) is 0 Å². The fraction of sp³-hybridized carbons (Fsp3) is 0.267. The quantitative estimate of drug-likeness (QED) is 0.798. The first-order valence-electron chi connectivity index (χ1n) is 6.72. The van der Waals surface area contributed by atoms with E-state index in [-0.39, 0.29) is 10.0 Å². The van der Waals surface area contributed by atoms with Gasteiger partial charge in [0.2, 0.25) is 0 Å². The lowest BCUT2D eigenvalue weighted by Gasteiger charge is -2.30. The molecule has 110 valence electrons. The van der Waals surface area contributed by atoms with Crippen LogP contribution in [0.5, 0.6) is 0 Å².